The molecule has 0 unspecified atom stereocenters. The third-order valence-electron chi connectivity index (χ3n) is 1.51. The van der Waals surface area contributed by atoms with Gasteiger partial charge < -0.3 is 10.8 Å². The third kappa shape index (κ3) is 3.21. The minimum absolute atomic E-state index is 0.163. The van der Waals surface area contributed by atoms with E-state index in [1.54, 1.807) is 0 Å². The Morgan fingerprint density at radius 3 is 2.86 bits per heavy atom. The number of rotatable bonds is 5. The van der Waals surface area contributed by atoms with Crippen molar-refractivity contribution in [3.05, 3.63) is 11.9 Å². The van der Waals surface area contributed by atoms with E-state index in [0.717, 1.165) is 0 Å². The maximum absolute atomic E-state index is 10.4. The van der Waals surface area contributed by atoms with Gasteiger partial charge in [0.2, 0.25) is 5.91 Å². The highest BCUT2D eigenvalue weighted by Crippen LogP contribution is 1.95. The molecule has 0 aromatic carbocycles. The molecule has 1 aromatic rings. The van der Waals surface area contributed by atoms with E-state index >= 15 is 0 Å². The molecule has 0 radical (unpaired) electrons. The molecule has 0 fully saturated rings. The van der Waals surface area contributed by atoms with Gasteiger partial charge in [0, 0.05) is 12.6 Å². The van der Waals surface area contributed by atoms with Crippen LogP contribution in [0.1, 0.15) is 12.1 Å². The zero-order valence-electron chi connectivity index (χ0n) is 7.38. The number of hydrogen-bond donors (Lipinski definition) is 2. The Hall–Kier alpha value is -1.92. The van der Waals surface area contributed by atoms with Gasteiger partial charge >= 0.3 is 5.97 Å². The first-order valence-corrected chi connectivity index (χ1v) is 3.97. The van der Waals surface area contributed by atoms with E-state index in [1.165, 1.54) is 10.9 Å². The van der Waals surface area contributed by atoms with Crippen molar-refractivity contribution in [2.45, 2.75) is 19.4 Å². The van der Waals surface area contributed by atoms with Gasteiger partial charge in [0.1, 0.15) is 0 Å². The van der Waals surface area contributed by atoms with Crippen molar-refractivity contribution >= 4 is 11.9 Å². The normalized spacial score (nSPS) is 10.0. The fourth-order valence-corrected chi connectivity index (χ4v) is 0.908. The molecule has 3 N–H and O–H groups in total. The Labute approximate surface area is 79.5 Å². The number of hydrogen-bond acceptors (Lipinski definition) is 4. The molecule has 1 aromatic heterocycles. The molecule has 0 atom stereocenters. The fraction of sp³-hybridized carbons (Fsp3) is 0.429. The lowest BCUT2D eigenvalue weighted by Crippen LogP contribution is -2.14. The Bertz CT molecular complexity index is 346. The molecule has 0 saturated heterocycles. The summed E-state index contributed by atoms with van der Waals surface area (Å²) in [6.45, 7) is 0.321. The van der Waals surface area contributed by atoms with Crippen LogP contribution < -0.4 is 5.73 Å². The Morgan fingerprint density at radius 2 is 2.29 bits per heavy atom. The number of aromatic nitrogens is 3. The molecule has 1 rings (SSSR count). The second-order valence-corrected chi connectivity index (χ2v) is 2.76. The van der Waals surface area contributed by atoms with Crippen molar-refractivity contribution < 1.29 is 14.7 Å². The number of carboxylic acid groups (broad SMARTS) is 1. The number of aliphatic carboxylic acids is 1. The number of carboxylic acids is 1. The SMILES string of the molecule is NC(=O)CCn1cc(CC(=O)O)nn1. The minimum atomic E-state index is -0.966. The smallest absolute Gasteiger partial charge is 0.309 e. The van der Waals surface area contributed by atoms with Crippen LogP contribution in [-0.4, -0.2) is 32.0 Å². The lowest BCUT2D eigenvalue weighted by atomic mass is 10.3. The van der Waals surface area contributed by atoms with Gasteiger partial charge in [0.15, 0.2) is 0 Å². The third-order valence-corrected chi connectivity index (χ3v) is 1.51. The van der Waals surface area contributed by atoms with Gasteiger partial charge in [-0.25, -0.2) is 0 Å². The lowest BCUT2D eigenvalue weighted by Gasteiger charge is -1.94. The number of nitrogens with two attached hydrogens (primary N) is 1. The number of carbonyl (C=O) groups excluding carboxylic acids is 1. The van der Waals surface area contributed by atoms with Crippen molar-refractivity contribution in [3.8, 4) is 0 Å². The largest absolute Gasteiger partial charge is 0.481 e. The summed E-state index contributed by atoms with van der Waals surface area (Å²) in [6, 6.07) is 0. The molecule has 7 heteroatoms. The number of aryl methyl sites for hydroxylation is 1. The van der Waals surface area contributed by atoms with Gasteiger partial charge in [-0.2, -0.15) is 0 Å². The topological polar surface area (TPSA) is 111 Å². The van der Waals surface area contributed by atoms with Crippen molar-refractivity contribution in [1.29, 1.82) is 0 Å². The van der Waals surface area contributed by atoms with Crippen LogP contribution in [0.5, 0.6) is 0 Å². The molecule has 7 nitrogen and oxygen atoms in total. The summed E-state index contributed by atoms with van der Waals surface area (Å²) in [6.07, 6.45) is 1.48. The molecule has 0 aliphatic carbocycles. The van der Waals surface area contributed by atoms with Crippen LogP contribution in [0, 0.1) is 0 Å². The second kappa shape index (κ2) is 4.35. The van der Waals surface area contributed by atoms with Gasteiger partial charge in [-0.05, 0) is 0 Å². The Balaban J connectivity index is 2.50. The minimum Gasteiger partial charge on any atom is -0.481 e. The molecule has 0 saturated carbocycles. The highest BCUT2D eigenvalue weighted by molar-refractivity contribution is 5.73. The van der Waals surface area contributed by atoms with Crippen LogP contribution in [0.2, 0.25) is 0 Å². The molecule has 14 heavy (non-hydrogen) atoms. The highest BCUT2D eigenvalue weighted by atomic mass is 16.4. The summed E-state index contributed by atoms with van der Waals surface area (Å²) in [5.74, 6) is -1.40. The first-order chi connectivity index (χ1) is 6.58. The Kier molecular flexibility index (Phi) is 3.16. The quantitative estimate of drug-likeness (QED) is 0.616. The zero-order chi connectivity index (χ0) is 10.6. The van der Waals surface area contributed by atoms with Crippen molar-refractivity contribution in [3.63, 3.8) is 0 Å². The number of amides is 1. The van der Waals surface area contributed by atoms with Crippen LogP contribution >= 0.6 is 0 Å². The van der Waals surface area contributed by atoms with Crippen LogP contribution in [-0.2, 0) is 22.6 Å². The van der Waals surface area contributed by atoms with E-state index in [9.17, 15) is 9.59 Å². The van der Waals surface area contributed by atoms with Crippen LogP contribution in [0.15, 0.2) is 6.20 Å². The van der Waals surface area contributed by atoms with E-state index < -0.39 is 11.9 Å². The molecular weight excluding hydrogens is 188 g/mol. The summed E-state index contributed by atoms with van der Waals surface area (Å²) < 4.78 is 1.39. The molecule has 1 amide bonds. The molecule has 0 aliphatic rings. The van der Waals surface area contributed by atoms with Crippen LogP contribution in [0.4, 0.5) is 0 Å². The maximum atomic E-state index is 10.4. The summed E-state index contributed by atoms with van der Waals surface area (Å²) in [5, 5.41) is 15.7. The summed E-state index contributed by atoms with van der Waals surface area (Å²) in [5.41, 5.74) is 5.30. The van der Waals surface area contributed by atoms with E-state index in [-0.39, 0.29) is 12.8 Å². The van der Waals surface area contributed by atoms with Crippen molar-refractivity contribution in [1.82, 2.24) is 15.0 Å². The van der Waals surface area contributed by atoms with Gasteiger partial charge in [-0.3, -0.25) is 14.3 Å². The molecule has 76 valence electrons. The number of primary amides is 1. The van der Waals surface area contributed by atoms with Gasteiger partial charge in [0.05, 0.1) is 18.7 Å². The highest BCUT2D eigenvalue weighted by Gasteiger charge is 2.05. The van der Waals surface area contributed by atoms with Crippen molar-refractivity contribution in [2.24, 2.45) is 5.73 Å². The lowest BCUT2D eigenvalue weighted by molar-refractivity contribution is -0.136. The molecular formula is C7H10N4O3. The van der Waals surface area contributed by atoms with E-state index in [4.69, 9.17) is 10.8 Å². The van der Waals surface area contributed by atoms with E-state index in [0.29, 0.717) is 12.2 Å². The molecule has 0 spiro atoms. The van der Waals surface area contributed by atoms with Gasteiger partial charge in [-0.15, -0.1) is 5.10 Å². The predicted octanol–water partition coefficient (Wildman–Crippen LogP) is -1.22. The maximum Gasteiger partial charge on any atom is 0.309 e. The summed E-state index contributed by atoms with van der Waals surface area (Å²) in [7, 11) is 0. The first-order valence-electron chi connectivity index (χ1n) is 3.97. The zero-order valence-corrected chi connectivity index (χ0v) is 7.38. The monoisotopic (exact) mass is 198 g/mol. The van der Waals surface area contributed by atoms with Crippen LogP contribution in [0.25, 0.3) is 0 Å². The predicted molar refractivity (Wildman–Crippen MR) is 45.2 cm³/mol. The van der Waals surface area contributed by atoms with Crippen molar-refractivity contribution in [2.75, 3.05) is 0 Å². The Morgan fingerprint density at radius 1 is 1.57 bits per heavy atom. The van der Waals surface area contributed by atoms with Crippen LogP contribution in [0.3, 0.4) is 0 Å². The molecule has 0 bridgehead atoms. The first kappa shape index (κ1) is 10.2. The summed E-state index contributed by atoms with van der Waals surface area (Å²) >= 11 is 0. The summed E-state index contributed by atoms with van der Waals surface area (Å²) in [4.78, 5) is 20.7. The molecule has 0 aliphatic heterocycles. The van der Waals surface area contributed by atoms with E-state index in [2.05, 4.69) is 10.3 Å². The fourth-order valence-electron chi connectivity index (χ4n) is 0.908. The van der Waals surface area contributed by atoms with E-state index in [1.807, 2.05) is 0 Å². The average Bonchev–Trinajstić information content (AvgIpc) is 2.47. The van der Waals surface area contributed by atoms with Gasteiger partial charge in [0.25, 0.3) is 0 Å². The number of nitrogens with zero attached hydrogens (tertiary/aromatic N) is 3. The number of carbonyl (C=O) groups is 2. The average molecular weight is 198 g/mol. The standard InChI is InChI=1S/C7H10N4O3/c8-6(12)1-2-11-4-5(9-10-11)3-7(13)14/h4H,1-3H2,(H2,8,12)(H,13,14). The van der Waals surface area contributed by atoms with Gasteiger partial charge in [-0.1, -0.05) is 5.21 Å². The molecule has 1 heterocycles. The second-order valence-electron chi connectivity index (χ2n) is 2.76.